The van der Waals surface area contributed by atoms with Crippen LogP contribution in [0.25, 0.3) is 0 Å². The van der Waals surface area contributed by atoms with Crippen LogP contribution in [0.4, 0.5) is 0 Å². The van der Waals surface area contributed by atoms with E-state index in [1.54, 1.807) is 11.1 Å². The molecule has 1 aromatic carbocycles. The third-order valence-corrected chi connectivity index (χ3v) is 4.49. The number of hydrogen-bond donors (Lipinski definition) is 1. The van der Waals surface area contributed by atoms with E-state index in [1.165, 1.54) is 44.1 Å². The van der Waals surface area contributed by atoms with E-state index in [1.807, 2.05) is 7.11 Å². The second kappa shape index (κ2) is 5.41. The fourth-order valence-corrected chi connectivity index (χ4v) is 3.43. The molecule has 0 radical (unpaired) electrons. The SMILES string of the molecule is COC1CCCC1NCc1ccc2c(c1)CCC2. The second-order valence-corrected chi connectivity index (χ2v) is 5.65. The van der Waals surface area contributed by atoms with Gasteiger partial charge >= 0.3 is 0 Å². The van der Waals surface area contributed by atoms with E-state index in [4.69, 9.17) is 4.74 Å². The van der Waals surface area contributed by atoms with Crippen LogP contribution in [0.2, 0.25) is 0 Å². The van der Waals surface area contributed by atoms with Gasteiger partial charge in [0.2, 0.25) is 0 Å². The minimum atomic E-state index is 0.416. The van der Waals surface area contributed by atoms with E-state index in [9.17, 15) is 0 Å². The van der Waals surface area contributed by atoms with Gasteiger partial charge in [-0.15, -0.1) is 0 Å². The van der Waals surface area contributed by atoms with Gasteiger partial charge in [-0.05, 0) is 55.2 Å². The van der Waals surface area contributed by atoms with Crippen LogP contribution in [0.5, 0.6) is 0 Å². The molecule has 18 heavy (non-hydrogen) atoms. The highest BCUT2D eigenvalue weighted by atomic mass is 16.5. The molecule has 1 aromatic rings. The lowest BCUT2D eigenvalue weighted by Gasteiger charge is -2.19. The van der Waals surface area contributed by atoms with Gasteiger partial charge in [-0.25, -0.2) is 0 Å². The number of methoxy groups -OCH3 is 1. The Labute approximate surface area is 110 Å². The van der Waals surface area contributed by atoms with Crippen LogP contribution in [-0.2, 0) is 24.1 Å². The van der Waals surface area contributed by atoms with Crippen LogP contribution in [-0.4, -0.2) is 19.3 Å². The number of ether oxygens (including phenoxy) is 1. The Kier molecular flexibility index (Phi) is 3.67. The maximum Gasteiger partial charge on any atom is 0.0724 e. The lowest BCUT2D eigenvalue weighted by Crippen LogP contribution is -2.36. The first-order chi connectivity index (χ1) is 8.86. The normalized spacial score (nSPS) is 26.5. The molecule has 0 spiro atoms. The highest BCUT2D eigenvalue weighted by molar-refractivity contribution is 5.35. The number of hydrogen-bond acceptors (Lipinski definition) is 2. The standard InChI is InChI=1S/C16H23NO/c1-18-16-7-3-6-15(16)17-11-12-8-9-13-4-2-5-14(13)10-12/h8-10,15-17H,2-7,11H2,1H3. The Balaban J connectivity index is 1.60. The summed E-state index contributed by atoms with van der Waals surface area (Å²) in [5.41, 5.74) is 4.57. The Morgan fingerprint density at radius 3 is 2.94 bits per heavy atom. The fraction of sp³-hybridized carbons (Fsp3) is 0.625. The molecule has 3 rings (SSSR count). The van der Waals surface area contributed by atoms with Gasteiger partial charge in [0.15, 0.2) is 0 Å². The van der Waals surface area contributed by atoms with Crippen molar-refractivity contribution in [3.8, 4) is 0 Å². The van der Waals surface area contributed by atoms with E-state index in [0.29, 0.717) is 12.1 Å². The predicted octanol–water partition coefficient (Wildman–Crippen LogP) is 2.83. The summed E-state index contributed by atoms with van der Waals surface area (Å²) in [7, 11) is 1.83. The average Bonchev–Trinajstić information content (AvgIpc) is 3.04. The Bertz CT molecular complexity index is 416. The second-order valence-electron chi connectivity index (χ2n) is 5.65. The molecular formula is C16H23NO. The van der Waals surface area contributed by atoms with Crippen LogP contribution in [0.15, 0.2) is 18.2 Å². The minimum absolute atomic E-state index is 0.416. The molecule has 0 amide bonds. The third-order valence-electron chi connectivity index (χ3n) is 4.49. The molecule has 0 heterocycles. The summed E-state index contributed by atoms with van der Waals surface area (Å²) in [5.74, 6) is 0. The number of benzene rings is 1. The van der Waals surface area contributed by atoms with E-state index in [-0.39, 0.29) is 0 Å². The van der Waals surface area contributed by atoms with Gasteiger partial charge in [0.1, 0.15) is 0 Å². The van der Waals surface area contributed by atoms with Gasteiger partial charge < -0.3 is 10.1 Å². The van der Waals surface area contributed by atoms with Crippen LogP contribution < -0.4 is 5.32 Å². The molecule has 2 aliphatic rings. The number of fused-ring (bicyclic) bond motifs is 1. The van der Waals surface area contributed by atoms with Gasteiger partial charge in [-0.2, -0.15) is 0 Å². The maximum atomic E-state index is 5.52. The first-order valence-electron chi connectivity index (χ1n) is 7.23. The van der Waals surface area contributed by atoms with Crippen molar-refractivity contribution in [3.63, 3.8) is 0 Å². The molecule has 0 aliphatic heterocycles. The van der Waals surface area contributed by atoms with Gasteiger partial charge in [-0.1, -0.05) is 18.2 Å². The first-order valence-corrected chi connectivity index (χ1v) is 7.23. The van der Waals surface area contributed by atoms with Gasteiger partial charge in [0, 0.05) is 19.7 Å². The molecule has 2 heteroatoms. The zero-order valence-corrected chi connectivity index (χ0v) is 11.2. The van der Waals surface area contributed by atoms with Gasteiger partial charge in [-0.3, -0.25) is 0 Å². The molecule has 1 saturated carbocycles. The zero-order valence-electron chi connectivity index (χ0n) is 11.2. The van der Waals surface area contributed by atoms with E-state index in [2.05, 4.69) is 23.5 Å². The van der Waals surface area contributed by atoms with Crippen molar-refractivity contribution in [2.75, 3.05) is 7.11 Å². The molecule has 1 fully saturated rings. The summed E-state index contributed by atoms with van der Waals surface area (Å²) in [6.45, 7) is 0.984. The zero-order chi connectivity index (χ0) is 12.4. The minimum Gasteiger partial charge on any atom is -0.380 e. The van der Waals surface area contributed by atoms with E-state index < -0.39 is 0 Å². The van der Waals surface area contributed by atoms with Crippen LogP contribution in [0.3, 0.4) is 0 Å². The maximum absolute atomic E-state index is 5.52. The lowest BCUT2D eigenvalue weighted by atomic mass is 10.1. The third kappa shape index (κ3) is 2.45. The summed E-state index contributed by atoms with van der Waals surface area (Å²) >= 11 is 0. The number of aryl methyl sites for hydroxylation is 2. The van der Waals surface area contributed by atoms with Crippen molar-refractivity contribution >= 4 is 0 Å². The van der Waals surface area contributed by atoms with Crippen molar-refractivity contribution < 1.29 is 4.74 Å². The van der Waals surface area contributed by atoms with Crippen molar-refractivity contribution in [1.29, 1.82) is 0 Å². The van der Waals surface area contributed by atoms with Crippen molar-refractivity contribution in [2.45, 2.75) is 57.2 Å². The molecule has 1 N–H and O–H groups in total. The highest BCUT2D eigenvalue weighted by Gasteiger charge is 2.26. The summed E-state index contributed by atoms with van der Waals surface area (Å²) in [4.78, 5) is 0. The largest absolute Gasteiger partial charge is 0.380 e. The average molecular weight is 245 g/mol. The number of rotatable bonds is 4. The van der Waals surface area contributed by atoms with Gasteiger partial charge in [0.25, 0.3) is 0 Å². The van der Waals surface area contributed by atoms with Crippen LogP contribution in [0.1, 0.15) is 42.4 Å². The Morgan fingerprint density at radius 2 is 2.06 bits per heavy atom. The fourth-order valence-electron chi connectivity index (χ4n) is 3.43. The molecule has 2 nitrogen and oxygen atoms in total. The molecule has 2 atom stereocenters. The van der Waals surface area contributed by atoms with Crippen LogP contribution >= 0.6 is 0 Å². The van der Waals surface area contributed by atoms with Gasteiger partial charge in [0.05, 0.1) is 6.10 Å². The molecule has 0 saturated heterocycles. The molecule has 2 unspecified atom stereocenters. The van der Waals surface area contributed by atoms with Crippen molar-refractivity contribution in [1.82, 2.24) is 5.32 Å². The van der Waals surface area contributed by atoms with Crippen molar-refractivity contribution in [2.24, 2.45) is 0 Å². The summed E-state index contributed by atoms with van der Waals surface area (Å²) in [6.07, 6.45) is 8.05. The molecular weight excluding hydrogens is 222 g/mol. The topological polar surface area (TPSA) is 21.3 Å². The molecule has 2 aliphatic carbocycles. The highest BCUT2D eigenvalue weighted by Crippen LogP contribution is 2.24. The lowest BCUT2D eigenvalue weighted by molar-refractivity contribution is 0.0847. The van der Waals surface area contributed by atoms with E-state index >= 15 is 0 Å². The quantitative estimate of drug-likeness (QED) is 0.880. The summed E-state index contributed by atoms with van der Waals surface area (Å²) in [5, 5.41) is 3.67. The van der Waals surface area contributed by atoms with Crippen LogP contribution in [0, 0.1) is 0 Å². The monoisotopic (exact) mass is 245 g/mol. The summed E-state index contributed by atoms with van der Waals surface area (Å²) in [6, 6.07) is 7.55. The molecule has 0 aromatic heterocycles. The van der Waals surface area contributed by atoms with E-state index in [0.717, 1.165) is 6.54 Å². The Hall–Kier alpha value is -0.860. The number of nitrogens with one attached hydrogen (secondary N) is 1. The predicted molar refractivity (Wildman–Crippen MR) is 73.7 cm³/mol. The summed E-state index contributed by atoms with van der Waals surface area (Å²) < 4.78 is 5.52. The molecule has 98 valence electrons. The first kappa shape index (κ1) is 12.2. The smallest absolute Gasteiger partial charge is 0.0724 e. The Morgan fingerprint density at radius 1 is 1.17 bits per heavy atom. The van der Waals surface area contributed by atoms with Crippen molar-refractivity contribution in [3.05, 3.63) is 34.9 Å². The molecule has 0 bridgehead atoms.